The van der Waals surface area contributed by atoms with E-state index in [4.69, 9.17) is 34.7 Å². The number of anilines is 1. The van der Waals surface area contributed by atoms with Gasteiger partial charge in [-0.25, -0.2) is 0 Å². The summed E-state index contributed by atoms with van der Waals surface area (Å²) in [4.78, 5) is 1.62. The molecule has 0 fully saturated rings. The average molecular weight is 220 g/mol. The molecule has 0 radical (unpaired) electrons. The molecule has 1 aromatic carbocycles. The Morgan fingerprint density at radius 3 is 2.08 bits per heavy atom. The average Bonchev–Trinajstić information content (AvgIpc) is 2.03. The predicted molar refractivity (Wildman–Crippen MR) is 57.0 cm³/mol. The van der Waals surface area contributed by atoms with Gasteiger partial charge in [0.25, 0.3) is 0 Å². The van der Waals surface area contributed by atoms with Crippen LogP contribution in [0.1, 0.15) is 0 Å². The summed E-state index contributed by atoms with van der Waals surface area (Å²) in [7, 11) is 1.73. The van der Waals surface area contributed by atoms with E-state index >= 15 is 0 Å². The molecule has 0 atom stereocenters. The molecule has 0 bridgehead atoms. The summed E-state index contributed by atoms with van der Waals surface area (Å²) in [6.07, 6.45) is -0.614. The van der Waals surface area contributed by atoms with Crippen LogP contribution in [-0.2, 0) is 0 Å². The summed E-state index contributed by atoms with van der Waals surface area (Å²) < 4.78 is 0. The van der Waals surface area contributed by atoms with Crippen molar-refractivity contribution in [3.8, 4) is 0 Å². The first kappa shape index (κ1) is 10.6. The molecule has 3 nitrogen and oxygen atoms in total. The molecule has 0 aliphatic carbocycles. The fourth-order valence-electron chi connectivity index (χ4n) is 0.975. The number of halogens is 2. The summed E-state index contributed by atoms with van der Waals surface area (Å²) in [5.74, 6) is 0. The van der Waals surface area contributed by atoms with Gasteiger partial charge in [-0.05, 0) is 12.1 Å². The lowest BCUT2D eigenvalue weighted by Gasteiger charge is -2.25. The van der Waals surface area contributed by atoms with Gasteiger partial charge in [0.15, 0.2) is 0 Å². The Morgan fingerprint density at radius 1 is 1.23 bits per heavy atom. The smallest absolute Gasteiger partial charge is 0.129 e. The van der Waals surface area contributed by atoms with Crippen molar-refractivity contribution in [1.29, 1.82) is 0 Å². The van der Waals surface area contributed by atoms with Gasteiger partial charge in [0.1, 0.15) is 6.29 Å². The van der Waals surface area contributed by atoms with Crippen LogP contribution in [0.25, 0.3) is 0 Å². The van der Waals surface area contributed by atoms with Gasteiger partial charge in [0.05, 0.1) is 15.7 Å². The van der Waals surface area contributed by atoms with Crippen molar-refractivity contribution in [2.75, 3.05) is 11.9 Å². The van der Waals surface area contributed by atoms with Crippen LogP contribution in [0.4, 0.5) is 5.69 Å². The molecule has 4 N–H and O–H groups in total. The summed E-state index contributed by atoms with van der Waals surface area (Å²) in [6, 6.07) is 5.24. The molecule has 0 aliphatic heterocycles. The molecule has 1 rings (SSSR count). The molecule has 0 saturated heterocycles. The standard InChI is InChI=1S/C8H11Cl2N3/c1-13(8(11)12)7-5(9)3-2-4-6(7)10/h2-4,8H,11-12H2,1H3. The van der Waals surface area contributed by atoms with E-state index in [2.05, 4.69) is 0 Å². The van der Waals surface area contributed by atoms with E-state index in [0.29, 0.717) is 15.7 Å². The number of hydrogen-bond donors (Lipinski definition) is 2. The minimum absolute atomic E-state index is 0.538. The molecule has 5 heteroatoms. The fourth-order valence-corrected chi connectivity index (χ4v) is 1.64. The van der Waals surface area contributed by atoms with Crippen molar-refractivity contribution in [1.82, 2.24) is 0 Å². The molecule has 0 amide bonds. The van der Waals surface area contributed by atoms with Crippen LogP contribution in [0.2, 0.25) is 10.0 Å². The second-order valence-corrected chi connectivity index (χ2v) is 3.49. The first-order valence-electron chi connectivity index (χ1n) is 3.72. The van der Waals surface area contributed by atoms with Gasteiger partial charge in [0, 0.05) is 7.05 Å². The fraction of sp³-hybridized carbons (Fsp3) is 0.250. The number of para-hydroxylation sites is 1. The Morgan fingerprint density at radius 2 is 1.69 bits per heavy atom. The van der Waals surface area contributed by atoms with Crippen LogP contribution >= 0.6 is 23.2 Å². The Labute approximate surface area is 87.2 Å². The molecule has 0 heterocycles. The highest BCUT2D eigenvalue weighted by Crippen LogP contribution is 2.32. The van der Waals surface area contributed by atoms with Gasteiger partial charge >= 0.3 is 0 Å². The third-order valence-corrected chi connectivity index (χ3v) is 2.35. The van der Waals surface area contributed by atoms with Crippen LogP contribution in [0, 0.1) is 0 Å². The summed E-state index contributed by atoms with van der Waals surface area (Å²) in [5, 5.41) is 1.08. The zero-order valence-corrected chi connectivity index (χ0v) is 8.68. The quantitative estimate of drug-likeness (QED) is 0.744. The first-order valence-corrected chi connectivity index (χ1v) is 4.47. The molecule has 0 aromatic heterocycles. The van der Waals surface area contributed by atoms with Crippen molar-refractivity contribution in [2.24, 2.45) is 11.5 Å². The molecule has 13 heavy (non-hydrogen) atoms. The Bertz CT molecular complexity index is 281. The van der Waals surface area contributed by atoms with Crippen LogP contribution < -0.4 is 16.4 Å². The van der Waals surface area contributed by atoms with E-state index in [0.717, 1.165) is 0 Å². The molecule has 72 valence electrons. The lowest BCUT2D eigenvalue weighted by atomic mass is 10.3. The maximum absolute atomic E-state index is 5.93. The van der Waals surface area contributed by atoms with Gasteiger partial charge in [-0.15, -0.1) is 0 Å². The highest BCUT2D eigenvalue weighted by atomic mass is 35.5. The number of hydrogen-bond acceptors (Lipinski definition) is 3. The number of nitrogens with two attached hydrogens (primary N) is 2. The third kappa shape index (κ3) is 2.25. The highest BCUT2D eigenvalue weighted by molar-refractivity contribution is 6.39. The molecule has 0 saturated carbocycles. The highest BCUT2D eigenvalue weighted by Gasteiger charge is 2.12. The van der Waals surface area contributed by atoms with E-state index in [-0.39, 0.29) is 0 Å². The van der Waals surface area contributed by atoms with Gasteiger partial charge in [-0.2, -0.15) is 0 Å². The van der Waals surface area contributed by atoms with Crippen LogP contribution in [-0.4, -0.2) is 13.3 Å². The van der Waals surface area contributed by atoms with Crippen molar-refractivity contribution in [3.05, 3.63) is 28.2 Å². The number of rotatable bonds is 2. The second kappa shape index (κ2) is 4.15. The summed E-state index contributed by atoms with van der Waals surface area (Å²) in [6.45, 7) is 0. The van der Waals surface area contributed by atoms with E-state index in [9.17, 15) is 0 Å². The topological polar surface area (TPSA) is 55.3 Å². The molecule has 0 aliphatic rings. The molecule has 0 spiro atoms. The maximum atomic E-state index is 5.93. The van der Waals surface area contributed by atoms with Crippen molar-refractivity contribution >= 4 is 28.9 Å². The molecular weight excluding hydrogens is 209 g/mol. The van der Waals surface area contributed by atoms with Gasteiger partial charge < -0.3 is 4.90 Å². The molecule has 1 aromatic rings. The number of nitrogens with zero attached hydrogens (tertiary/aromatic N) is 1. The Hall–Kier alpha value is -0.480. The lowest BCUT2D eigenvalue weighted by molar-refractivity contribution is 0.688. The first-order chi connectivity index (χ1) is 6.04. The van der Waals surface area contributed by atoms with Crippen molar-refractivity contribution in [2.45, 2.75) is 6.29 Å². The van der Waals surface area contributed by atoms with E-state index in [1.54, 1.807) is 30.1 Å². The summed E-state index contributed by atoms with van der Waals surface area (Å²) in [5.41, 5.74) is 11.6. The van der Waals surface area contributed by atoms with Gasteiger partial charge in [-0.1, -0.05) is 29.3 Å². The SMILES string of the molecule is CN(c1c(Cl)cccc1Cl)C(N)N. The summed E-state index contributed by atoms with van der Waals surface area (Å²) >= 11 is 11.9. The van der Waals surface area contributed by atoms with E-state index in [1.807, 2.05) is 0 Å². The van der Waals surface area contributed by atoms with E-state index < -0.39 is 6.29 Å². The van der Waals surface area contributed by atoms with Crippen molar-refractivity contribution in [3.63, 3.8) is 0 Å². The molecule has 0 unspecified atom stereocenters. The van der Waals surface area contributed by atoms with Crippen LogP contribution in [0.3, 0.4) is 0 Å². The van der Waals surface area contributed by atoms with Crippen LogP contribution in [0.15, 0.2) is 18.2 Å². The third-order valence-electron chi connectivity index (χ3n) is 1.74. The normalized spacial score (nSPS) is 10.6. The molecular formula is C8H11Cl2N3. The Kier molecular flexibility index (Phi) is 3.39. The van der Waals surface area contributed by atoms with Gasteiger partial charge in [-0.3, -0.25) is 11.5 Å². The largest absolute Gasteiger partial charge is 0.345 e. The van der Waals surface area contributed by atoms with E-state index in [1.165, 1.54) is 0 Å². The monoisotopic (exact) mass is 219 g/mol. The minimum atomic E-state index is -0.614. The second-order valence-electron chi connectivity index (χ2n) is 2.67. The zero-order valence-electron chi connectivity index (χ0n) is 7.17. The Balaban J connectivity index is 3.12. The maximum Gasteiger partial charge on any atom is 0.129 e. The van der Waals surface area contributed by atoms with Crippen molar-refractivity contribution < 1.29 is 0 Å². The number of benzene rings is 1. The predicted octanol–water partition coefficient (Wildman–Crippen LogP) is 1.63. The zero-order chi connectivity index (χ0) is 10.0. The van der Waals surface area contributed by atoms with Gasteiger partial charge in [0.2, 0.25) is 0 Å². The lowest BCUT2D eigenvalue weighted by Crippen LogP contribution is -2.46. The van der Waals surface area contributed by atoms with Crippen LogP contribution in [0.5, 0.6) is 0 Å². The minimum Gasteiger partial charge on any atom is -0.345 e.